The third-order valence-electron chi connectivity index (χ3n) is 11.7. The topological polar surface area (TPSA) is 0 Å². The Balaban J connectivity index is 1.32. The maximum Gasteiger partial charge on any atom is 0.0215 e. The number of benzene rings is 6. The molecule has 0 aromatic heterocycles. The summed E-state index contributed by atoms with van der Waals surface area (Å²) in [6, 6.07) is 46.2. The molecule has 0 saturated carbocycles. The second-order valence-corrected chi connectivity index (χ2v) is 17.1. The third kappa shape index (κ3) is 7.92. The van der Waals surface area contributed by atoms with Crippen molar-refractivity contribution < 1.29 is 0 Å². The van der Waals surface area contributed by atoms with Gasteiger partial charge in [0.2, 0.25) is 0 Å². The van der Waals surface area contributed by atoms with Crippen LogP contribution in [0.4, 0.5) is 0 Å². The SMILES string of the molecule is CCCCCCC1(CCCCCC)c2cc(-c3ccc(-c4ccc(Br)cc4)cc3C)ccc2-c2ccc(-c3ccc(-c4ccc(Br)cc4)cc3C)cc21. The smallest absolute Gasteiger partial charge is 0.0215 e. The van der Waals surface area contributed by atoms with Gasteiger partial charge < -0.3 is 0 Å². The lowest BCUT2D eigenvalue weighted by molar-refractivity contribution is 0.401. The molecule has 1 aliphatic rings. The van der Waals surface area contributed by atoms with Crippen molar-refractivity contribution in [3.05, 3.63) is 153 Å². The molecule has 0 amide bonds. The Bertz CT molecular complexity index is 2030. The monoisotopic (exact) mass is 822 g/mol. The van der Waals surface area contributed by atoms with Crippen molar-refractivity contribution in [3.8, 4) is 55.6 Å². The van der Waals surface area contributed by atoms with E-state index in [2.05, 4.69) is 181 Å². The Hall–Kier alpha value is -3.72. The zero-order chi connectivity index (χ0) is 37.0. The molecule has 0 N–H and O–H groups in total. The van der Waals surface area contributed by atoms with E-state index in [1.165, 1.54) is 131 Å². The molecule has 1 aliphatic carbocycles. The van der Waals surface area contributed by atoms with Gasteiger partial charge in [0.25, 0.3) is 0 Å². The lowest BCUT2D eigenvalue weighted by atomic mass is 9.70. The predicted octanol–water partition coefficient (Wildman–Crippen LogP) is 16.7. The summed E-state index contributed by atoms with van der Waals surface area (Å²) in [5.74, 6) is 0. The summed E-state index contributed by atoms with van der Waals surface area (Å²) < 4.78 is 2.22. The van der Waals surface area contributed by atoms with Crippen LogP contribution in [-0.2, 0) is 5.41 Å². The lowest BCUT2D eigenvalue weighted by Crippen LogP contribution is -2.25. The quantitative estimate of drug-likeness (QED) is 0.0960. The van der Waals surface area contributed by atoms with E-state index in [1.54, 1.807) is 11.1 Å². The van der Waals surface area contributed by atoms with Gasteiger partial charge in [-0.1, -0.05) is 182 Å². The fraction of sp³-hybridized carbons (Fsp3) is 0.294. The molecule has 0 spiro atoms. The van der Waals surface area contributed by atoms with E-state index in [9.17, 15) is 0 Å². The van der Waals surface area contributed by atoms with E-state index in [4.69, 9.17) is 0 Å². The Morgan fingerprint density at radius 1 is 0.377 bits per heavy atom. The first-order valence-corrected chi connectivity index (χ1v) is 21.4. The maximum absolute atomic E-state index is 3.60. The number of unbranched alkanes of at least 4 members (excludes halogenated alkanes) is 6. The van der Waals surface area contributed by atoms with E-state index in [1.807, 2.05) is 0 Å². The zero-order valence-corrected chi connectivity index (χ0v) is 35.0. The first-order valence-electron chi connectivity index (χ1n) is 19.8. The van der Waals surface area contributed by atoms with Gasteiger partial charge in [-0.15, -0.1) is 0 Å². The molecule has 2 heteroatoms. The second-order valence-electron chi connectivity index (χ2n) is 15.3. The molecule has 0 aliphatic heterocycles. The van der Waals surface area contributed by atoms with Gasteiger partial charge in [0.1, 0.15) is 0 Å². The molecular formula is C51H52Br2. The molecule has 0 nitrogen and oxygen atoms in total. The van der Waals surface area contributed by atoms with Crippen molar-refractivity contribution >= 4 is 31.9 Å². The van der Waals surface area contributed by atoms with Gasteiger partial charge in [-0.3, -0.25) is 0 Å². The zero-order valence-electron chi connectivity index (χ0n) is 31.9. The molecule has 0 saturated heterocycles. The van der Waals surface area contributed by atoms with Crippen molar-refractivity contribution in [2.45, 2.75) is 97.3 Å². The Labute approximate surface area is 335 Å². The van der Waals surface area contributed by atoms with Crippen LogP contribution in [0.25, 0.3) is 55.6 Å². The molecule has 0 fully saturated rings. The summed E-state index contributed by atoms with van der Waals surface area (Å²) in [4.78, 5) is 0. The summed E-state index contributed by atoms with van der Waals surface area (Å²) >= 11 is 7.19. The van der Waals surface area contributed by atoms with E-state index < -0.39 is 0 Å². The first-order chi connectivity index (χ1) is 25.8. The summed E-state index contributed by atoms with van der Waals surface area (Å²) in [5, 5.41) is 0. The highest BCUT2D eigenvalue weighted by atomic mass is 79.9. The minimum atomic E-state index is 0.00864. The van der Waals surface area contributed by atoms with Crippen molar-refractivity contribution in [2.24, 2.45) is 0 Å². The highest BCUT2D eigenvalue weighted by Gasteiger charge is 2.42. The van der Waals surface area contributed by atoms with E-state index in [0.29, 0.717) is 0 Å². The Kier molecular flexibility index (Phi) is 11.9. The van der Waals surface area contributed by atoms with Gasteiger partial charge in [0, 0.05) is 14.4 Å². The average Bonchev–Trinajstić information content (AvgIpc) is 3.43. The van der Waals surface area contributed by atoms with Crippen molar-refractivity contribution in [2.75, 3.05) is 0 Å². The highest BCUT2D eigenvalue weighted by Crippen LogP contribution is 2.56. The Morgan fingerprint density at radius 2 is 0.736 bits per heavy atom. The van der Waals surface area contributed by atoms with Gasteiger partial charge in [-0.25, -0.2) is 0 Å². The number of rotatable bonds is 14. The number of halogens is 2. The normalized spacial score (nSPS) is 12.9. The second kappa shape index (κ2) is 16.7. The summed E-state index contributed by atoms with van der Waals surface area (Å²) in [6.45, 7) is 9.21. The fourth-order valence-corrected chi connectivity index (χ4v) is 9.35. The summed E-state index contributed by atoms with van der Waals surface area (Å²) in [5.41, 5.74) is 19.0. The van der Waals surface area contributed by atoms with E-state index >= 15 is 0 Å². The molecule has 0 heterocycles. The van der Waals surface area contributed by atoms with E-state index in [-0.39, 0.29) is 5.41 Å². The summed E-state index contributed by atoms with van der Waals surface area (Å²) in [7, 11) is 0. The molecular weight excluding hydrogens is 772 g/mol. The van der Waals surface area contributed by atoms with Crippen LogP contribution in [0, 0.1) is 13.8 Å². The summed E-state index contributed by atoms with van der Waals surface area (Å²) in [6.07, 6.45) is 12.7. The number of fused-ring (bicyclic) bond motifs is 3. The van der Waals surface area contributed by atoms with E-state index in [0.717, 1.165) is 8.95 Å². The van der Waals surface area contributed by atoms with Crippen molar-refractivity contribution in [3.63, 3.8) is 0 Å². The average molecular weight is 825 g/mol. The predicted molar refractivity (Wildman–Crippen MR) is 237 cm³/mol. The number of hydrogen-bond acceptors (Lipinski definition) is 0. The van der Waals surface area contributed by atoms with Crippen molar-refractivity contribution in [1.29, 1.82) is 0 Å². The minimum Gasteiger partial charge on any atom is -0.0654 e. The number of hydrogen-bond donors (Lipinski definition) is 0. The molecule has 6 aromatic rings. The maximum atomic E-state index is 3.60. The van der Waals surface area contributed by atoms with Crippen molar-refractivity contribution in [1.82, 2.24) is 0 Å². The van der Waals surface area contributed by atoms with Gasteiger partial charge in [-0.2, -0.15) is 0 Å². The van der Waals surface area contributed by atoms with Crippen LogP contribution in [0.3, 0.4) is 0 Å². The highest BCUT2D eigenvalue weighted by molar-refractivity contribution is 9.10. The molecule has 270 valence electrons. The number of aryl methyl sites for hydroxylation is 2. The van der Waals surface area contributed by atoms with Crippen LogP contribution in [0.2, 0.25) is 0 Å². The van der Waals surface area contributed by atoms with Gasteiger partial charge in [0.15, 0.2) is 0 Å². The molecule has 6 aromatic carbocycles. The van der Waals surface area contributed by atoms with Gasteiger partial charge in [-0.05, 0) is 141 Å². The standard InChI is InChI=1S/C51H52Br2/c1-5-7-9-11-29-51(30-12-10-8-6-2)49-33-41(45-25-17-39(31-35(45)3)37-13-21-43(52)22-14-37)19-27-47(49)48-28-20-42(34-50(48)51)46-26-18-40(32-36(46)4)38-15-23-44(53)24-16-38/h13-28,31-34H,5-12,29-30H2,1-4H3. The third-order valence-corrected chi connectivity index (χ3v) is 12.8. The minimum absolute atomic E-state index is 0.00864. The molecule has 0 unspecified atom stereocenters. The van der Waals surface area contributed by atoms with Crippen LogP contribution in [0.15, 0.2) is 130 Å². The van der Waals surface area contributed by atoms with Crippen LogP contribution >= 0.6 is 31.9 Å². The molecule has 7 rings (SSSR count). The van der Waals surface area contributed by atoms with Gasteiger partial charge >= 0.3 is 0 Å². The van der Waals surface area contributed by atoms with Crippen LogP contribution in [0.1, 0.15) is 100 Å². The van der Waals surface area contributed by atoms with Crippen LogP contribution < -0.4 is 0 Å². The fourth-order valence-electron chi connectivity index (χ4n) is 8.82. The Morgan fingerprint density at radius 3 is 1.11 bits per heavy atom. The lowest BCUT2D eigenvalue weighted by Gasteiger charge is -2.33. The van der Waals surface area contributed by atoms with Crippen LogP contribution in [0.5, 0.6) is 0 Å². The molecule has 0 atom stereocenters. The van der Waals surface area contributed by atoms with Gasteiger partial charge in [0.05, 0.1) is 0 Å². The molecule has 53 heavy (non-hydrogen) atoms. The first kappa shape index (κ1) is 37.6. The molecule has 0 radical (unpaired) electrons. The molecule has 0 bridgehead atoms. The largest absolute Gasteiger partial charge is 0.0654 e. The van der Waals surface area contributed by atoms with Crippen LogP contribution in [-0.4, -0.2) is 0 Å².